The Morgan fingerprint density at radius 3 is 3.00 bits per heavy atom. The van der Waals surface area contributed by atoms with E-state index in [2.05, 4.69) is 9.97 Å². The summed E-state index contributed by atoms with van der Waals surface area (Å²) < 4.78 is 0. The van der Waals surface area contributed by atoms with Gasteiger partial charge in [0.2, 0.25) is 0 Å². The molecule has 3 heteroatoms. The summed E-state index contributed by atoms with van der Waals surface area (Å²) in [4.78, 5) is 8.67. The molecule has 0 amide bonds. The fraction of sp³-hybridized carbons (Fsp3) is 0.500. The summed E-state index contributed by atoms with van der Waals surface area (Å²) in [7, 11) is 0. The van der Waals surface area contributed by atoms with Gasteiger partial charge in [-0.25, -0.2) is 0 Å². The predicted octanol–water partition coefficient (Wildman–Crippen LogP) is 0.424. The first-order valence-corrected chi connectivity index (χ1v) is 3.94. The van der Waals surface area contributed by atoms with E-state index < -0.39 is 0 Å². The monoisotopic (exact) mass is 149 g/mol. The lowest BCUT2D eigenvalue weighted by molar-refractivity contribution is 0.887. The maximum Gasteiger partial charge on any atom is 0.0725 e. The summed E-state index contributed by atoms with van der Waals surface area (Å²) in [6, 6.07) is 0. The molecule has 0 spiro atoms. The number of aryl methyl sites for hydroxylation is 2. The first-order chi connectivity index (χ1) is 5.40. The van der Waals surface area contributed by atoms with E-state index in [1.165, 1.54) is 12.1 Å². The molecule has 0 radical (unpaired) electrons. The summed E-state index contributed by atoms with van der Waals surface area (Å²) in [5.41, 5.74) is 8.68. The van der Waals surface area contributed by atoms with E-state index in [0.29, 0.717) is 6.54 Å². The number of rotatable bonds is 1. The van der Waals surface area contributed by atoms with Crippen LogP contribution in [0.3, 0.4) is 0 Å². The van der Waals surface area contributed by atoms with Crippen molar-refractivity contribution in [3.63, 3.8) is 0 Å². The van der Waals surface area contributed by atoms with Crippen molar-refractivity contribution in [3.05, 3.63) is 23.3 Å². The molecule has 0 aromatic carbocycles. The third-order valence-electron chi connectivity index (χ3n) is 2.02. The largest absolute Gasteiger partial charge is 0.325 e. The lowest BCUT2D eigenvalue weighted by atomic mass is 10.3. The van der Waals surface area contributed by atoms with Crippen LogP contribution in [0.25, 0.3) is 0 Å². The van der Waals surface area contributed by atoms with E-state index in [1.807, 2.05) is 0 Å². The highest BCUT2D eigenvalue weighted by atomic mass is 14.8. The van der Waals surface area contributed by atoms with Gasteiger partial charge in [-0.15, -0.1) is 0 Å². The quantitative estimate of drug-likeness (QED) is 0.629. The molecule has 11 heavy (non-hydrogen) atoms. The summed E-state index contributed by atoms with van der Waals surface area (Å²) in [5.74, 6) is 0. The van der Waals surface area contributed by atoms with Gasteiger partial charge in [0.1, 0.15) is 0 Å². The van der Waals surface area contributed by atoms with Gasteiger partial charge in [0.05, 0.1) is 23.3 Å². The fourth-order valence-electron chi connectivity index (χ4n) is 1.42. The average molecular weight is 149 g/mol. The van der Waals surface area contributed by atoms with Crippen molar-refractivity contribution < 1.29 is 0 Å². The molecule has 3 nitrogen and oxygen atoms in total. The second kappa shape index (κ2) is 2.58. The summed E-state index contributed by atoms with van der Waals surface area (Å²) in [6.45, 7) is 0.500. The highest BCUT2D eigenvalue weighted by molar-refractivity contribution is 5.18. The third kappa shape index (κ3) is 1.12. The van der Waals surface area contributed by atoms with Crippen molar-refractivity contribution >= 4 is 0 Å². The smallest absolute Gasteiger partial charge is 0.0725 e. The number of nitrogens with two attached hydrogens (primary N) is 1. The number of nitrogens with zero attached hydrogens (tertiary/aromatic N) is 2. The Bertz CT molecular complexity index is 270. The molecule has 0 bridgehead atoms. The molecule has 2 N–H and O–H groups in total. The lowest BCUT2D eigenvalue weighted by Gasteiger charge is -1.98. The minimum atomic E-state index is 0.500. The second-order valence-electron chi connectivity index (χ2n) is 2.81. The molecular formula is C8H11N3. The molecule has 1 aromatic rings. The molecule has 0 saturated carbocycles. The topological polar surface area (TPSA) is 51.8 Å². The molecule has 1 aliphatic rings. The Balaban J connectivity index is 2.41. The number of fused-ring (bicyclic) bond motifs is 1. The van der Waals surface area contributed by atoms with Gasteiger partial charge in [0.25, 0.3) is 0 Å². The van der Waals surface area contributed by atoms with Gasteiger partial charge >= 0.3 is 0 Å². The zero-order chi connectivity index (χ0) is 7.68. The highest BCUT2D eigenvalue weighted by Gasteiger charge is 2.12. The van der Waals surface area contributed by atoms with Crippen LogP contribution >= 0.6 is 0 Å². The summed E-state index contributed by atoms with van der Waals surface area (Å²) in [5, 5.41) is 0. The first kappa shape index (κ1) is 6.73. The van der Waals surface area contributed by atoms with E-state index in [9.17, 15) is 0 Å². The number of hydrogen-bond acceptors (Lipinski definition) is 3. The SMILES string of the molecule is NCc1cnc2c(n1)CCC2. The van der Waals surface area contributed by atoms with E-state index >= 15 is 0 Å². The number of aromatic nitrogens is 2. The van der Waals surface area contributed by atoms with Crippen LogP contribution in [0.1, 0.15) is 23.5 Å². The van der Waals surface area contributed by atoms with Crippen molar-refractivity contribution in [2.75, 3.05) is 0 Å². The first-order valence-electron chi connectivity index (χ1n) is 3.94. The van der Waals surface area contributed by atoms with Gasteiger partial charge < -0.3 is 5.73 Å². The molecule has 0 fully saturated rings. The van der Waals surface area contributed by atoms with Crippen molar-refractivity contribution in [1.29, 1.82) is 0 Å². The normalized spacial score (nSPS) is 15.0. The minimum Gasteiger partial charge on any atom is -0.325 e. The van der Waals surface area contributed by atoms with Crippen LogP contribution in [0.4, 0.5) is 0 Å². The summed E-state index contributed by atoms with van der Waals surface area (Å²) in [6.07, 6.45) is 5.15. The maximum absolute atomic E-state index is 5.44. The van der Waals surface area contributed by atoms with E-state index in [4.69, 9.17) is 5.73 Å². The van der Waals surface area contributed by atoms with E-state index in [0.717, 1.165) is 24.2 Å². The van der Waals surface area contributed by atoms with E-state index in [1.54, 1.807) is 6.20 Å². The number of hydrogen-bond donors (Lipinski definition) is 1. The van der Waals surface area contributed by atoms with Gasteiger partial charge in [0, 0.05) is 6.54 Å². The maximum atomic E-state index is 5.44. The van der Waals surface area contributed by atoms with Gasteiger partial charge in [-0.1, -0.05) is 0 Å². The molecule has 1 aromatic heterocycles. The molecule has 2 rings (SSSR count). The van der Waals surface area contributed by atoms with Gasteiger partial charge in [-0.3, -0.25) is 9.97 Å². The van der Waals surface area contributed by atoms with Gasteiger partial charge in [-0.05, 0) is 19.3 Å². The Labute approximate surface area is 65.7 Å². The molecule has 0 atom stereocenters. The molecule has 0 unspecified atom stereocenters. The average Bonchev–Trinajstić information content (AvgIpc) is 2.50. The molecule has 1 heterocycles. The second-order valence-corrected chi connectivity index (χ2v) is 2.81. The van der Waals surface area contributed by atoms with Crippen LogP contribution in [0.5, 0.6) is 0 Å². The van der Waals surface area contributed by atoms with Crippen LogP contribution in [0.2, 0.25) is 0 Å². The van der Waals surface area contributed by atoms with Gasteiger partial charge in [-0.2, -0.15) is 0 Å². The van der Waals surface area contributed by atoms with Gasteiger partial charge in [0.15, 0.2) is 0 Å². The Kier molecular flexibility index (Phi) is 1.58. The zero-order valence-electron chi connectivity index (χ0n) is 6.38. The molecule has 58 valence electrons. The van der Waals surface area contributed by atoms with Crippen LogP contribution in [-0.2, 0) is 19.4 Å². The third-order valence-corrected chi connectivity index (χ3v) is 2.02. The molecule has 0 saturated heterocycles. The van der Waals surface area contributed by atoms with E-state index in [-0.39, 0.29) is 0 Å². The molecular weight excluding hydrogens is 138 g/mol. The fourth-order valence-corrected chi connectivity index (χ4v) is 1.42. The van der Waals surface area contributed by atoms with Crippen LogP contribution in [0.15, 0.2) is 6.20 Å². The van der Waals surface area contributed by atoms with Crippen LogP contribution in [-0.4, -0.2) is 9.97 Å². The van der Waals surface area contributed by atoms with Crippen molar-refractivity contribution in [2.24, 2.45) is 5.73 Å². The van der Waals surface area contributed by atoms with Crippen LogP contribution < -0.4 is 5.73 Å². The lowest BCUT2D eigenvalue weighted by Crippen LogP contribution is -2.03. The Morgan fingerprint density at radius 1 is 1.36 bits per heavy atom. The predicted molar refractivity (Wildman–Crippen MR) is 41.9 cm³/mol. The Morgan fingerprint density at radius 2 is 2.18 bits per heavy atom. The van der Waals surface area contributed by atoms with Crippen molar-refractivity contribution in [2.45, 2.75) is 25.8 Å². The standard InChI is InChI=1S/C8H11N3/c9-4-6-5-10-7-2-1-3-8(7)11-6/h5H,1-4,9H2. The highest BCUT2D eigenvalue weighted by Crippen LogP contribution is 2.16. The Hall–Kier alpha value is -0.960. The zero-order valence-corrected chi connectivity index (χ0v) is 6.38. The minimum absolute atomic E-state index is 0.500. The molecule has 0 aliphatic heterocycles. The summed E-state index contributed by atoms with van der Waals surface area (Å²) >= 11 is 0. The van der Waals surface area contributed by atoms with Crippen molar-refractivity contribution in [3.8, 4) is 0 Å². The van der Waals surface area contributed by atoms with Crippen LogP contribution in [0, 0.1) is 0 Å². The van der Waals surface area contributed by atoms with Crippen molar-refractivity contribution in [1.82, 2.24) is 9.97 Å². The molecule has 1 aliphatic carbocycles.